The number of carbonyl (C=O) groups excluding carboxylic acids is 1. The second kappa shape index (κ2) is 5.14. The summed E-state index contributed by atoms with van der Waals surface area (Å²) in [5.74, 6) is -0.240. The van der Waals surface area contributed by atoms with E-state index in [0.29, 0.717) is 16.9 Å². The number of anilines is 2. The van der Waals surface area contributed by atoms with E-state index >= 15 is 0 Å². The van der Waals surface area contributed by atoms with Crippen molar-refractivity contribution >= 4 is 33.2 Å². The summed E-state index contributed by atoms with van der Waals surface area (Å²) >= 11 is 3.32. The summed E-state index contributed by atoms with van der Waals surface area (Å²) < 4.78 is 0.764. The first-order valence-electron chi connectivity index (χ1n) is 5.20. The van der Waals surface area contributed by atoms with Gasteiger partial charge in [0.1, 0.15) is 6.33 Å². The number of hydrogen-bond acceptors (Lipinski definition) is 4. The fourth-order valence-electron chi connectivity index (χ4n) is 1.50. The molecular formula is C12H11BrN4O. The van der Waals surface area contributed by atoms with E-state index in [-0.39, 0.29) is 5.91 Å². The number of rotatable bonds is 2. The van der Waals surface area contributed by atoms with Crippen LogP contribution in [0.5, 0.6) is 0 Å². The number of aromatic nitrogens is 2. The fourth-order valence-corrected chi connectivity index (χ4v) is 1.97. The summed E-state index contributed by atoms with van der Waals surface area (Å²) in [4.78, 5) is 19.8. The van der Waals surface area contributed by atoms with Crippen LogP contribution in [0.3, 0.4) is 0 Å². The van der Waals surface area contributed by atoms with E-state index in [2.05, 4.69) is 31.2 Å². The average Bonchev–Trinajstić information content (AvgIpc) is 2.35. The zero-order chi connectivity index (χ0) is 13.1. The second-order valence-electron chi connectivity index (χ2n) is 3.75. The third-order valence-corrected chi connectivity index (χ3v) is 2.93. The van der Waals surface area contributed by atoms with Crippen LogP contribution in [-0.2, 0) is 0 Å². The number of carbonyl (C=O) groups is 1. The van der Waals surface area contributed by atoms with Crippen LogP contribution in [0.15, 0.2) is 35.3 Å². The van der Waals surface area contributed by atoms with E-state index in [1.54, 1.807) is 19.1 Å². The van der Waals surface area contributed by atoms with Gasteiger partial charge >= 0.3 is 0 Å². The van der Waals surface area contributed by atoms with Crippen molar-refractivity contribution in [2.24, 2.45) is 0 Å². The SMILES string of the molecule is Cc1c(N)cc(Br)cc1C(=O)Nc1cncnc1. The van der Waals surface area contributed by atoms with Gasteiger partial charge in [0.25, 0.3) is 5.91 Å². The molecule has 6 heteroatoms. The van der Waals surface area contributed by atoms with Crippen LogP contribution >= 0.6 is 15.9 Å². The van der Waals surface area contributed by atoms with Gasteiger partial charge in [0.2, 0.25) is 0 Å². The summed E-state index contributed by atoms with van der Waals surface area (Å²) in [7, 11) is 0. The van der Waals surface area contributed by atoms with Gasteiger partial charge in [-0.05, 0) is 24.6 Å². The molecule has 0 radical (unpaired) electrons. The summed E-state index contributed by atoms with van der Waals surface area (Å²) in [5.41, 5.74) is 8.19. The molecule has 0 saturated carbocycles. The van der Waals surface area contributed by atoms with Gasteiger partial charge in [-0.25, -0.2) is 9.97 Å². The summed E-state index contributed by atoms with van der Waals surface area (Å²) in [6.07, 6.45) is 4.46. The minimum absolute atomic E-state index is 0.240. The lowest BCUT2D eigenvalue weighted by Gasteiger charge is -2.09. The number of nitrogen functional groups attached to an aromatic ring is 1. The molecule has 1 heterocycles. The smallest absolute Gasteiger partial charge is 0.256 e. The first-order chi connectivity index (χ1) is 8.58. The van der Waals surface area contributed by atoms with Crippen LogP contribution in [-0.4, -0.2) is 15.9 Å². The Labute approximate surface area is 113 Å². The monoisotopic (exact) mass is 306 g/mol. The Morgan fingerprint density at radius 2 is 2.00 bits per heavy atom. The Hall–Kier alpha value is -1.95. The highest BCUT2D eigenvalue weighted by atomic mass is 79.9. The molecule has 0 fully saturated rings. The highest BCUT2D eigenvalue weighted by Gasteiger charge is 2.12. The van der Waals surface area contributed by atoms with E-state index in [1.165, 1.54) is 18.7 Å². The molecule has 2 aromatic rings. The number of nitrogens with zero attached hydrogens (tertiary/aromatic N) is 2. The minimum Gasteiger partial charge on any atom is -0.398 e. The van der Waals surface area contributed by atoms with Crippen LogP contribution in [0.1, 0.15) is 15.9 Å². The lowest BCUT2D eigenvalue weighted by atomic mass is 10.1. The van der Waals surface area contributed by atoms with E-state index in [9.17, 15) is 4.79 Å². The van der Waals surface area contributed by atoms with Gasteiger partial charge in [0.05, 0.1) is 18.1 Å². The Morgan fingerprint density at radius 3 is 2.67 bits per heavy atom. The molecule has 0 saturated heterocycles. The number of halogens is 1. The Bertz CT molecular complexity index is 586. The minimum atomic E-state index is -0.240. The molecule has 3 N–H and O–H groups in total. The molecule has 1 aromatic carbocycles. The lowest BCUT2D eigenvalue weighted by molar-refractivity contribution is 0.102. The highest BCUT2D eigenvalue weighted by Crippen LogP contribution is 2.23. The van der Waals surface area contributed by atoms with Crippen LogP contribution in [0.4, 0.5) is 11.4 Å². The Kier molecular flexibility index (Phi) is 3.57. The molecule has 0 bridgehead atoms. The van der Waals surface area contributed by atoms with Crippen LogP contribution in [0.25, 0.3) is 0 Å². The van der Waals surface area contributed by atoms with Gasteiger partial charge in [-0.1, -0.05) is 15.9 Å². The standard InChI is InChI=1S/C12H11BrN4O/c1-7-10(2-8(13)3-11(7)14)12(18)17-9-4-15-6-16-5-9/h2-6H,14H2,1H3,(H,17,18). The molecule has 1 amide bonds. The van der Waals surface area contributed by atoms with Gasteiger partial charge in [-0.2, -0.15) is 0 Å². The van der Waals surface area contributed by atoms with Gasteiger partial charge in [0, 0.05) is 15.7 Å². The molecule has 1 aromatic heterocycles. The van der Waals surface area contributed by atoms with Crippen LogP contribution in [0, 0.1) is 6.92 Å². The molecule has 0 aliphatic rings. The summed E-state index contributed by atoms with van der Waals surface area (Å²) in [6.45, 7) is 1.80. The molecule has 92 valence electrons. The molecule has 0 unspecified atom stereocenters. The van der Waals surface area contributed by atoms with Gasteiger partial charge < -0.3 is 11.1 Å². The molecule has 5 nitrogen and oxygen atoms in total. The first kappa shape index (κ1) is 12.5. The number of nitrogens with one attached hydrogen (secondary N) is 1. The molecule has 18 heavy (non-hydrogen) atoms. The van der Waals surface area contributed by atoms with Crippen LogP contribution in [0.2, 0.25) is 0 Å². The van der Waals surface area contributed by atoms with E-state index in [0.717, 1.165) is 10.0 Å². The third-order valence-electron chi connectivity index (χ3n) is 2.48. The Balaban J connectivity index is 2.30. The maximum Gasteiger partial charge on any atom is 0.256 e. The first-order valence-corrected chi connectivity index (χ1v) is 5.99. The molecule has 0 atom stereocenters. The van der Waals surface area contributed by atoms with E-state index in [1.807, 2.05) is 0 Å². The normalized spacial score (nSPS) is 10.1. The van der Waals surface area contributed by atoms with E-state index in [4.69, 9.17) is 5.73 Å². The van der Waals surface area contributed by atoms with Crippen molar-refractivity contribution in [2.75, 3.05) is 11.1 Å². The number of nitrogens with two attached hydrogens (primary N) is 1. The summed E-state index contributed by atoms with van der Waals surface area (Å²) in [6, 6.07) is 3.49. The second-order valence-corrected chi connectivity index (χ2v) is 4.66. The largest absolute Gasteiger partial charge is 0.398 e. The maximum absolute atomic E-state index is 12.1. The van der Waals surface area contributed by atoms with Gasteiger partial charge in [-0.15, -0.1) is 0 Å². The molecule has 0 spiro atoms. The van der Waals surface area contributed by atoms with Crippen molar-refractivity contribution in [2.45, 2.75) is 6.92 Å². The third kappa shape index (κ3) is 2.65. The van der Waals surface area contributed by atoms with Gasteiger partial charge in [-0.3, -0.25) is 4.79 Å². The zero-order valence-corrected chi connectivity index (χ0v) is 11.2. The number of amides is 1. The topological polar surface area (TPSA) is 80.9 Å². The van der Waals surface area contributed by atoms with Gasteiger partial charge in [0.15, 0.2) is 0 Å². The van der Waals surface area contributed by atoms with Crippen molar-refractivity contribution in [1.82, 2.24) is 9.97 Å². The quantitative estimate of drug-likeness (QED) is 0.835. The number of benzene rings is 1. The maximum atomic E-state index is 12.1. The highest BCUT2D eigenvalue weighted by molar-refractivity contribution is 9.10. The average molecular weight is 307 g/mol. The molecule has 2 rings (SSSR count). The van der Waals surface area contributed by atoms with E-state index < -0.39 is 0 Å². The molecule has 0 aliphatic carbocycles. The predicted octanol–water partition coefficient (Wildman–Crippen LogP) is 2.38. The number of hydrogen-bond donors (Lipinski definition) is 2. The summed E-state index contributed by atoms with van der Waals surface area (Å²) in [5, 5.41) is 2.71. The lowest BCUT2D eigenvalue weighted by Crippen LogP contribution is -2.14. The van der Waals surface area contributed by atoms with Crippen molar-refractivity contribution in [3.05, 3.63) is 46.5 Å². The fraction of sp³-hybridized carbons (Fsp3) is 0.0833. The zero-order valence-electron chi connectivity index (χ0n) is 9.64. The van der Waals surface area contributed by atoms with Crippen molar-refractivity contribution in [3.63, 3.8) is 0 Å². The van der Waals surface area contributed by atoms with Crippen molar-refractivity contribution in [1.29, 1.82) is 0 Å². The van der Waals surface area contributed by atoms with Crippen molar-refractivity contribution < 1.29 is 4.79 Å². The Morgan fingerprint density at radius 1 is 1.33 bits per heavy atom. The predicted molar refractivity (Wildman–Crippen MR) is 73.3 cm³/mol. The van der Waals surface area contributed by atoms with Crippen molar-refractivity contribution in [3.8, 4) is 0 Å². The van der Waals surface area contributed by atoms with Crippen LogP contribution < -0.4 is 11.1 Å². The molecule has 0 aliphatic heterocycles. The molecular weight excluding hydrogens is 296 g/mol.